The summed E-state index contributed by atoms with van der Waals surface area (Å²) in [6.45, 7) is 4.04. The SMILES string of the molecule is CC1CCCN(C(=O)C2(N)CCC2)C1. The standard InChI is InChI=1S/C11H20N2O/c1-9-4-2-7-13(8-9)10(14)11(12)5-3-6-11/h9H,2-8,12H2,1H3. The largest absolute Gasteiger partial charge is 0.341 e. The van der Waals surface area contributed by atoms with Gasteiger partial charge in [0.1, 0.15) is 0 Å². The lowest BCUT2D eigenvalue weighted by Crippen LogP contribution is -2.60. The zero-order valence-corrected chi connectivity index (χ0v) is 8.96. The van der Waals surface area contributed by atoms with E-state index in [9.17, 15) is 4.79 Å². The number of hydrogen-bond acceptors (Lipinski definition) is 2. The molecule has 0 aromatic rings. The molecule has 0 aromatic carbocycles. The minimum Gasteiger partial charge on any atom is -0.341 e. The van der Waals surface area contributed by atoms with Gasteiger partial charge in [0.15, 0.2) is 0 Å². The first kappa shape index (κ1) is 9.97. The molecule has 0 aromatic heterocycles. The normalized spacial score (nSPS) is 31.0. The second-order valence-electron chi connectivity index (χ2n) is 5.01. The fraction of sp³-hybridized carbons (Fsp3) is 0.909. The Hall–Kier alpha value is -0.570. The molecular formula is C11H20N2O. The Morgan fingerprint density at radius 1 is 1.43 bits per heavy atom. The molecule has 3 heteroatoms. The summed E-state index contributed by atoms with van der Waals surface area (Å²) >= 11 is 0. The molecule has 0 radical (unpaired) electrons. The van der Waals surface area contributed by atoms with Crippen LogP contribution in [0.2, 0.25) is 0 Å². The number of carbonyl (C=O) groups excluding carboxylic acids is 1. The molecule has 1 saturated carbocycles. The van der Waals surface area contributed by atoms with Gasteiger partial charge in [0.05, 0.1) is 5.54 Å². The van der Waals surface area contributed by atoms with Crippen molar-refractivity contribution in [1.29, 1.82) is 0 Å². The molecule has 80 valence electrons. The van der Waals surface area contributed by atoms with E-state index in [0.29, 0.717) is 5.92 Å². The molecule has 3 nitrogen and oxygen atoms in total. The predicted octanol–water partition coefficient (Wildman–Crippen LogP) is 1.13. The summed E-state index contributed by atoms with van der Waals surface area (Å²) in [5.41, 5.74) is 5.54. The van der Waals surface area contributed by atoms with Crippen LogP contribution in [0.1, 0.15) is 39.0 Å². The molecule has 2 rings (SSSR count). The molecule has 0 spiro atoms. The quantitative estimate of drug-likeness (QED) is 0.683. The van der Waals surface area contributed by atoms with Crippen LogP contribution in [0.3, 0.4) is 0 Å². The number of likely N-dealkylation sites (tertiary alicyclic amines) is 1. The van der Waals surface area contributed by atoms with Gasteiger partial charge in [-0.15, -0.1) is 0 Å². The summed E-state index contributed by atoms with van der Waals surface area (Å²) in [7, 11) is 0. The van der Waals surface area contributed by atoms with Crippen molar-refractivity contribution in [3.05, 3.63) is 0 Å². The number of hydrogen-bond donors (Lipinski definition) is 1. The number of nitrogens with zero attached hydrogens (tertiary/aromatic N) is 1. The molecule has 1 atom stereocenters. The molecular weight excluding hydrogens is 176 g/mol. The van der Waals surface area contributed by atoms with Crippen molar-refractivity contribution in [1.82, 2.24) is 4.90 Å². The maximum absolute atomic E-state index is 12.0. The average molecular weight is 196 g/mol. The van der Waals surface area contributed by atoms with Gasteiger partial charge in [-0.05, 0) is 38.0 Å². The molecule has 1 heterocycles. The Kier molecular flexibility index (Phi) is 2.52. The third-order valence-corrected chi connectivity index (χ3v) is 3.62. The van der Waals surface area contributed by atoms with E-state index in [2.05, 4.69) is 6.92 Å². The first-order valence-electron chi connectivity index (χ1n) is 5.70. The zero-order valence-electron chi connectivity index (χ0n) is 8.96. The number of piperidine rings is 1. The molecule has 1 unspecified atom stereocenters. The second kappa shape index (κ2) is 3.54. The van der Waals surface area contributed by atoms with E-state index < -0.39 is 5.54 Å². The summed E-state index contributed by atoms with van der Waals surface area (Å²) in [5.74, 6) is 0.853. The van der Waals surface area contributed by atoms with Gasteiger partial charge in [-0.25, -0.2) is 0 Å². The van der Waals surface area contributed by atoms with E-state index in [1.807, 2.05) is 4.90 Å². The average Bonchev–Trinajstić information content (AvgIpc) is 2.13. The lowest BCUT2D eigenvalue weighted by Gasteiger charge is -2.42. The molecule has 0 bridgehead atoms. The lowest BCUT2D eigenvalue weighted by molar-refractivity contribution is -0.141. The van der Waals surface area contributed by atoms with Crippen LogP contribution in [0.15, 0.2) is 0 Å². The van der Waals surface area contributed by atoms with Crippen molar-refractivity contribution in [2.45, 2.75) is 44.6 Å². The van der Waals surface area contributed by atoms with Gasteiger partial charge in [-0.2, -0.15) is 0 Å². The molecule has 14 heavy (non-hydrogen) atoms. The highest BCUT2D eigenvalue weighted by molar-refractivity contribution is 5.87. The maximum Gasteiger partial charge on any atom is 0.242 e. The van der Waals surface area contributed by atoms with Gasteiger partial charge in [0.2, 0.25) is 5.91 Å². The second-order valence-corrected chi connectivity index (χ2v) is 5.01. The predicted molar refractivity (Wildman–Crippen MR) is 55.7 cm³/mol. The molecule has 2 N–H and O–H groups in total. The Labute approximate surface area is 85.6 Å². The Balaban J connectivity index is 1.96. The molecule has 2 aliphatic rings. The van der Waals surface area contributed by atoms with E-state index in [4.69, 9.17) is 5.73 Å². The van der Waals surface area contributed by atoms with Gasteiger partial charge < -0.3 is 10.6 Å². The highest BCUT2D eigenvalue weighted by atomic mass is 16.2. The van der Waals surface area contributed by atoms with Crippen LogP contribution < -0.4 is 5.73 Å². The van der Waals surface area contributed by atoms with Crippen LogP contribution in [0.5, 0.6) is 0 Å². The number of nitrogens with two attached hydrogens (primary N) is 1. The Morgan fingerprint density at radius 2 is 2.14 bits per heavy atom. The minimum atomic E-state index is -0.489. The van der Waals surface area contributed by atoms with Crippen molar-refractivity contribution in [2.75, 3.05) is 13.1 Å². The van der Waals surface area contributed by atoms with Gasteiger partial charge in [-0.3, -0.25) is 4.79 Å². The molecule has 1 saturated heterocycles. The van der Waals surface area contributed by atoms with Crippen LogP contribution in [0.4, 0.5) is 0 Å². The minimum absolute atomic E-state index is 0.204. The molecule has 1 aliphatic heterocycles. The van der Waals surface area contributed by atoms with Crippen molar-refractivity contribution in [3.8, 4) is 0 Å². The fourth-order valence-electron chi connectivity index (χ4n) is 2.46. The van der Waals surface area contributed by atoms with E-state index in [-0.39, 0.29) is 5.91 Å². The lowest BCUT2D eigenvalue weighted by atomic mass is 9.76. The number of amides is 1. The monoisotopic (exact) mass is 196 g/mol. The van der Waals surface area contributed by atoms with Gasteiger partial charge >= 0.3 is 0 Å². The van der Waals surface area contributed by atoms with Gasteiger partial charge in [0.25, 0.3) is 0 Å². The highest BCUT2D eigenvalue weighted by Crippen LogP contribution is 2.32. The molecule has 1 aliphatic carbocycles. The first-order valence-corrected chi connectivity index (χ1v) is 5.70. The third-order valence-electron chi connectivity index (χ3n) is 3.62. The maximum atomic E-state index is 12.0. The summed E-state index contributed by atoms with van der Waals surface area (Å²) in [4.78, 5) is 14.0. The van der Waals surface area contributed by atoms with Crippen LogP contribution in [0.25, 0.3) is 0 Å². The summed E-state index contributed by atoms with van der Waals surface area (Å²) in [5, 5.41) is 0. The fourth-order valence-corrected chi connectivity index (χ4v) is 2.46. The van der Waals surface area contributed by atoms with E-state index in [1.165, 1.54) is 6.42 Å². The van der Waals surface area contributed by atoms with Crippen LogP contribution in [-0.4, -0.2) is 29.4 Å². The molecule has 1 amide bonds. The first-order chi connectivity index (χ1) is 6.62. The van der Waals surface area contributed by atoms with Gasteiger partial charge in [0, 0.05) is 13.1 Å². The van der Waals surface area contributed by atoms with E-state index >= 15 is 0 Å². The topological polar surface area (TPSA) is 46.3 Å². The van der Waals surface area contributed by atoms with E-state index in [0.717, 1.165) is 38.8 Å². The molecule has 2 fully saturated rings. The summed E-state index contributed by atoms with van der Waals surface area (Å²) < 4.78 is 0. The summed E-state index contributed by atoms with van der Waals surface area (Å²) in [6.07, 6.45) is 5.28. The summed E-state index contributed by atoms with van der Waals surface area (Å²) in [6, 6.07) is 0. The number of carbonyl (C=O) groups is 1. The van der Waals surface area contributed by atoms with Crippen molar-refractivity contribution >= 4 is 5.91 Å². The van der Waals surface area contributed by atoms with E-state index in [1.54, 1.807) is 0 Å². The zero-order chi connectivity index (χ0) is 10.2. The van der Waals surface area contributed by atoms with Crippen molar-refractivity contribution in [3.63, 3.8) is 0 Å². The van der Waals surface area contributed by atoms with Crippen LogP contribution in [0, 0.1) is 5.92 Å². The van der Waals surface area contributed by atoms with Crippen molar-refractivity contribution in [2.24, 2.45) is 11.7 Å². The Morgan fingerprint density at radius 3 is 2.64 bits per heavy atom. The smallest absolute Gasteiger partial charge is 0.242 e. The number of rotatable bonds is 1. The highest BCUT2D eigenvalue weighted by Gasteiger charge is 2.43. The Bertz CT molecular complexity index is 235. The van der Waals surface area contributed by atoms with Crippen molar-refractivity contribution < 1.29 is 4.79 Å². The third kappa shape index (κ3) is 1.65. The van der Waals surface area contributed by atoms with Crippen LogP contribution in [-0.2, 0) is 4.79 Å². The van der Waals surface area contributed by atoms with Gasteiger partial charge in [-0.1, -0.05) is 6.92 Å². The van der Waals surface area contributed by atoms with Crippen LogP contribution >= 0.6 is 0 Å².